The molecule has 0 saturated heterocycles. The van der Waals surface area contributed by atoms with Crippen LogP contribution in [0.25, 0.3) is 0 Å². The minimum absolute atomic E-state index is 0.167. The lowest BCUT2D eigenvalue weighted by Gasteiger charge is -2.14. The molecular weight excluding hydrogens is 530 g/mol. The molecule has 202 valence electrons. The van der Waals surface area contributed by atoms with Gasteiger partial charge in [-0.25, -0.2) is 9.97 Å². The predicted molar refractivity (Wildman–Crippen MR) is 155 cm³/mol. The SMILES string of the molecule is O=C(CCCCCCCSc1nc(=O)c(Cc2cncnc2)cn1CCc1cccnc1)c1ccc(Cl)cc1. The zero-order valence-electron chi connectivity index (χ0n) is 21.8. The quantitative estimate of drug-likeness (QED) is 0.0735. The van der Waals surface area contributed by atoms with Crippen LogP contribution in [-0.4, -0.2) is 36.0 Å². The Kier molecular flexibility index (Phi) is 11.2. The van der Waals surface area contributed by atoms with E-state index in [1.165, 1.54) is 6.33 Å². The number of nitrogens with zero attached hydrogens (tertiary/aromatic N) is 5. The summed E-state index contributed by atoms with van der Waals surface area (Å²) in [6.07, 6.45) is 17.4. The third kappa shape index (κ3) is 9.41. The molecule has 4 aromatic rings. The first-order valence-electron chi connectivity index (χ1n) is 13.2. The van der Waals surface area contributed by atoms with Crippen LogP contribution in [0.5, 0.6) is 0 Å². The van der Waals surface area contributed by atoms with Crippen molar-refractivity contribution in [2.75, 3.05) is 5.75 Å². The van der Waals surface area contributed by atoms with Gasteiger partial charge in [0, 0.05) is 72.3 Å². The molecule has 4 rings (SSSR count). The second-order valence-corrected chi connectivity index (χ2v) is 10.9. The number of carbonyl (C=O) groups is 1. The largest absolute Gasteiger partial charge is 0.327 e. The highest BCUT2D eigenvalue weighted by Crippen LogP contribution is 2.20. The molecule has 0 aliphatic heterocycles. The Labute approximate surface area is 238 Å². The molecule has 3 aromatic heterocycles. The number of halogens is 1. The number of rotatable bonds is 15. The van der Waals surface area contributed by atoms with Gasteiger partial charge in [0.1, 0.15) is 6.33 Å². The van der Waals surface area contributed by atoms with Crippen molar-refractivity contribution in [1.29, 1.82) is 0 Å². The molecule has 0 amide bonds. The molecule has 0 atom stereocenters. The van der Waals surface area contributed by atoms with Crippen molar-refractivity contribution in [3.63, 3.8) is 0 Å². The normalized spacial score (nSPS) is 11.0. The van der Waals surface area contributed by atoms with Gasteiger partial charge in [-0.15, -0.1) is 0 Å². The number of aryl methyl sites for hydroxylation is 2. The Balaban J connectivity index is 1.26. The lowest BCUT2D eigenvalue weighted by Crippen LogP contribution is -2.20. The van der Waals surface area contributed by atoms with E-state index in [0.29, 0.717) is 30.0 Å². The zero-order chi connectivity index (χ0) is 27.3. The fraction of sp³-hybridized carbons (Fsp3) is 0.333. The molecule has 7 nitrogen and oxygen atoms in total. The first kappa shape index (κ1) is 28.6. The Bertz CT molecular complexity index is 1380. The number of ketones is 1. The van der Waals surface area contributed by atoms with Gasteiger partial charge in [0.2, 0.25) is 0 Å². The molecule has 0 aliphatic carbocycles. The van der Waals surface area contributed by atoms with Crippen LogP contribution < -0.4 is 5.56 Å². The zero-order valence-corrected chi connectivity index (χ0v) is 23.4. The number of carbonyl (C=O) groups excluding carboxylic acids is 1. The summed E-state index contributed by atoms with van der Waals surface area (Å²) < 4.78 is 2.08. The van der Waals surface area contributed by atoms with Crippen molar-refractivity contribution in [1.82, 2.24) is 24.5 Å². The third-order valence-electron chi connectivity index (χ3n) is 6.35. The van der Waals surface area contributed by atoms with Crippen molar-refractivity contribution >= 4 is 29.1 Å². The fourth-order valence-electron chi connectivity index (χ4n) is 4.22. The molecular formula is C30H32ClN5O2S. The number of Topliss-reactive ketones (excluding diaryl/α,β-unsaturated/α-hetero) is 1. The van der Waals surface area contributed by atoms with Gasteiger partial charge in [-0.1, -0.05) is 48.7 Å². The number of hydrogen-bond acceptors (Lipinski definition) is 7. The van der Waals surface area contributed by atoms with E-state index in [0.717, 1.165) is 66.1 Å². The molecule has 3 heterocycles. The lowest BCUT2D eigenvalue weighted by atomic mass is 10.0. The summed E-state index contributed by atoms with van der Waals surface area (Å²) in [5.41, 5.74) is 3.17. The number of hydrogen-bond donors (Lipinski definition) is 0. The van der Waals surface area contributed by atoms with Crippen LogP contribution in [-0.2, 0) is 19.4 Å². The minimum atomic E-state index is -0.204. The van der Waals surface area contributed by atoms with Gasteiger partial charge in [-0.2, -0.15) is 4.98 Å². The van der Waals surface area contributed by atoms with Crippen molar-refractivity contribution in [2.45, 2.75) is 63.1 Å². The van der Waals surface area contributed by atoms with Crippen LogP contribution >= 0.6 is 23.4 Å². The molecule has 0 radical (unpaired) electrons. The first-order valence-corrected chi connectivity index (χ1v) is 14.6. The second-order valence-electron chi connectivity index (χ2n) is 9.38. The van der Waals surface area contributed by atoms with E-state index >= 15 is 0 Å². The van der Waals surface area contributed by atoms with Gasteiger partial charge in [-0.05, 0) is 60.7 Å². The van der Waals surface area contributed by atoms with Gasteiger partial charge >= 0.3 is 0 Å². The number of pyridine rings is 1. The average molecular weight is 562 g/mol. The van der Waals surface area contributed by atoms with E-state index < -0.39 is 0 Å². The summed E-state index contributed by atoms with van der Waals surface area (Å²) in [6.45, 7) is 0.710. The summed E-state index contributed by atoms with van der Waals surface area (Å²) in [5, 5.41) is 1.38. The highest BCUT2D eigenvalue weighted by Gasteiger charge is 2.11. The Morgan fingerprint density at radius 3 is 2.41 bits per heavy atom. The van der Waals surface area contributed by atoms with Crippen molar-refractivity contribution in [2.24, 2.45) is 0 Å². The predicted octanol–water partition coefficient (Wildman–Crippen LogP) is 6.23. The summed E-state index contributed by atoms with van der Waals surface area (Å²) in [7, 11) is 0. The topological polar surface area (TPSA) is 90.6 Å². The number of aromatic nitrogens is 5. The number of unbranched alkanes of at least 4 members (excludes halogenated alkanes) is 4. The van der Waals surface area contributed by atoms with Gasteiger partial charge in [-0.3, -0.25) is 14.6 Å². The molecule has 0 N–H and O–H groups in total. The highest BCUT2D eigenvalue weighted by molar-refractivity contribution is 7.99. The maximum Gasteiger partial charge on any atom is 0.277 e. The van der Waals surface area contributed by atoms with Crippen LogP contribution in [0.2, 0.25) is 5.02 Å². The molecule has 0 aliphatic rings. The fourth-order valence-corrected chi connectivity index (χ4v) is 5.33. The van der Waals surface area contributed by atoms with Gasteiger partial charge in [0.25, 0.3) is 5.56 Å². The standard InChI is InChI=1S/C30H32ClN5O2S/c31-27-11-9-25(10-12-27)28(37)8-4-2-1-3-5-16-39-30-35-29(38)26(17-24-19-33-22-34-20-24)21-36(30)15-13-23-7-6-14-32-18-23/h6-7,9-12,14,18-22H,1-5,8,13,15-17H2. The smallest absolute Gasteiger partial charge is 0.277 e. The van der Waals surface area contributed by atoms with Crippen LogP contribution in [0.1, 0.15) is 65.6 Å². The van der Waals surface area contributed by atoms with Crippen molar-refractivity contribution < 1.29 is 4.79 Å². The van der Waals surface area contributed by atoms with Crippen LogP contribution in [0, 0.1) is 0 Å². The third-order valence-corrected chi connectivity index (χ3v) is 7.68. The maximum absolute atomic E-state index is 12.8. The summed E-state index contributed by atoms with van der Waals surface area (Å²) in [6, 6.07) is 11.1. The Hall–Kier alpha value is -3.36. The Morgan fingerprint density at radius 1 is 0.897 bits per heavy atom. The molecule has 9 heteroatoms. The van der Waals surface area contributed by atoms with Crippen LogP contribution in [0.15, 0.2) is 83.7 Å². The summed E-state index contributed by atoms with van der Waals surface area (Å²) in [4.78, 5) is 41.9. The summed E-state index contributed by atoms with van der Waals surface area (Å²) >= 11 is 7.52. The first-order chi connectivity index (χ1) is 19.1. The van der Waals surface area contributed by atoms with Crippen molar-refractivity contribution in [3.8, 4) is 0 Å². The van der Waals surface area contributed by atoms with E-state index in [2.05, 4.69) is 30.6 Å². The van der Waals surface area contributed by atoms with Gasteiger partial charge in [0.05, 0.1) is 0 Å². The van der Waals surface area contributed by atoms with E-state index in [1.807, 2.05) is 18.5 Å². The second kappa shape index (κ2) is 15.3. The lowest BCUT2D eigenvalue weighted by molar-refractivity contribution is 0.0979. The minimum Gasteiger partial charge on any atom is -0.327 e. The molecule has 0 bridgehead atoms. The Morgan fingerprint density at radius 2 is 1.64 bits per heavy atom. The van der Waals surface area contributed by atoms with E-state index in [4.69, 9.17) is 11.6 Å². The maximum atomic E-state index is 12.8. The monoisotopic (exact) mass is 561 g/mol. The molecule has 0 unspecified atom stereocenters. The van der Waals surface area contributed by atoms with E-state index in [9.17, 15) is 9.59 Å². The number of benzene rings is 1. The van der Waals surface area contributed by atoms with Crippen LogP contribution in [0.4, 0.5) is 0 Å². The molecule has 0 saturated carbocycles. The molecule has 0 fully saturated rings. The number of thioether (sulfide) groups is 1. The molecule has 1 aromatic carbocycles. The summed E-state index contributed by atoms with van der Waals surface area (Å²) in [5.74, 6) is 1.05. The highest BCUT2D eigenvalue weighted by atomic mass is 35.5. The molecule has 39 heavy (non-hydrogen) atoms. The average Bonchev–Trinajstić information content (AvgIpc) is 2.96. The van der Waals surface area contributed by atoms with E-state index in [1.54, 1.807) is 54.6 Å². The van der Waals surface area contributed by atoms with Crippen molar-refractivity contribution in [3.05, 3.63) is 111 Å². The van der Waals surface area contributed by atoms with Crippen LogP contribution in [0.3, 0.4) is 0 Å². The van der Waals surface area contributed by atoms with Gasteiger partial charge < -0.3 is 4.57 Å². The van der Waals surface area contributed by atoms with E-state index in [-0.39, 0.29) is 11.3 Å². The van der Waals surface area contributed by atoms with Gasteiger partial charge in [0.15, 0.2) is 10.9 Å². The molecule has 0 spiro atoms.